The summed E-state index contributed by atoms with van der Waals surface area (Å²) in [5.74, 6) is 0.927. The Hall–Kier alpha value is -1.58. The molecule has 19 heavy (non-hydrogen) atoms. The molecule has 0 unspecified atom stereocenters. The summed E-state index contributed by atoms with van der Waals surface area (Å²) in [5, 5.41) is 6.89. The van der Waals surface area contributed by atoms with Crippen LogP contribution in [0, 0.1) is 0 Å². The Morgan fingerprint density at radius 2 is 2.21 bits per heavy atom. The van der Waals surface area contributed by atoms with Gasteiger partial charge in [-0.3, -0.25) is 9.98 Å². The summed E-state index contributed by atoms with van der Waals surface area (Å²) in [4.78, 5) is 8.41. The Kier molecular flexibility index (Phi) is 5.66. The molecule has 2 N–H and O–H groups in total. The first kappa shape index (κ1) is 13.8. The van der Waals surface area contributed by atoms with E-state index in [-0.39, 0.29) is 0 Å². The number of guanidine groups is 1. The van der Waals surface area contributed by atoms with Gasteiger partial charge in [-0.2, -0.15) is 0 Å². The minimum absolute atomic E-state index is 0.596. The Morgan fingerprint density at radius 1 is 1.37 bits per heavy atom. The average molecular weight is 260 g/mol. The normalized spacial score (nSPS) is 17.2. The third kappa shape index (κ3) is 4.89. The van der Waals surface area contributed by atoms with E-state index in [1.807, 2.05) is 19.3 Å². The Morgan fingerprint density at radius 3 is 2.89 bits per heavy atom. The van der Waals surface area contributed by atoms with E-state index in [0.717, 1.165) is 18.9 Å². The second-order valence-electron chi connectivity index (χ2n) is 5.09. The number of aromatic nitrogens is 1. The maximum absolute atomic E-state index is 4.29. The van der Waals surface area contributed by atoms with Crippen molar-refractivity contribution in [1.82, 2.24) is 15.6 Å². The number of nitrogens with one attached hydrogen (secondary N) is 2. The molecule has 1 aliphatic rings. The molecule has 2 rings (SSSR count). The van der Waals surface area contributed by atoms with Gasteiger partial charge in [0.05, 0.1) is 0 Å². The zero-order valence-electron chi connectivity index (χ0n) is 11.7. The van der Waals surface area contributed by atoms with E-state index in [9.17, 15) is 0 Å². The van der Waals surface area contributed by atoms with Crippen LogP contribution in [0.5, 0.6) is 0 Å². The fourth-order valence-corrected chi connectivity index (χ4v) is 2.51. The van der Waals surface area contributed by atoms with E-state index in [1.54, 1.807) is 6.20 Å². The van der Waals surface area contributed by atoms with Crippen LogP contribution in [-0.4, -0.2) is 30.6 Å². The van der Waals surface area contributed by atoms with Crippen molar-refractivity contribution in [2.75, 3.05) is 13.6 Å². The van der Waals surface area contributed by atoms with Crippen LogP contribution in [0.4, 0.5) is 0 Å². The number of hydrogen-bond donors (Lipinski definition) is 2. The van der Waals surface area contributed by atoms with Crippen molar-refractivity contribution in [2.24, 2.45) is 4.99 Å². The number of nitrogens with zero attached hydrogens (tertiary/aromatic N) is 2. The number of rotatable bonds is 4. The first-order valence-electron chi connectivity index (χ1n) is 7.24. The summed E-state index contributed by atoms with van der Waals surface area (Å²) in [6.07, 6.45) is 11.3. The van der Waals surface area contributed by atoms with Gasteiger partial charge in [-0.15, -0.1) is 0 Å². The number of pyridine rings is 1. The summed E-state index contributed by atoms with van der Waals surface area (Å²) in [6.45, 7) is 0.887. The van der Waals surface area contributed by atoms with Gasteiger partial charge in [0.2, 0.25) is 0 Å². The molecule has 1 aromatic heterocycles. The van der Waals surface area contributed by atoms with Gasteiger partial charge in [0.15, 0.2) is 5.96 Å². The highest BCUT2D eigenvalue weighted by Crippen LogP contribution is 2.17. The second kappa shape index (κ2) is 7.77. The zero-order valence-corrected chi connectivity index (χ0v) is 11.7. The molecule has 4 nitrogen and oxygen atoms in total. The molecule has 0 bridgehead atoms. The van der Waals surface area contributed by atoms with Crippen LogP contribution in [0.2, 0.25) is 0 Å². The molecule has 1 fully saturated rings. The van der Waals surface area contributed by atoms with E-state index < -0.39 is 0 Å². The van der Waals surface area contributed by atoms with Crippen molar-refractivity contribution in [2.45, 2.75) is 44.6 Å². The van der Waals surface area contributed by atoms with Gasteiger partial charge in [0.1, 0.15) is 0 Å². The van der Waals surface area contributed by atoms with Crippen LogP contribution in [0.15, 0.2) is 29.5 Å². The van der Waals surface area contributed by atoms with E-state index in [0.29, 0.717) is 6.04 Å². The minimum atomic E-state index is 0.596. The molecular formula is C15H24N4. The molecule has 0 amide bonds. The van der Waals surface area contributed by atoms with Crippen molar-refractivity contribution in [3.8, 4) is 0 Å². The first-order chi connectivity index (χ1) is 9.38. The van der Waals surface area contributed by atoms with Crippen molar-refractivity contribution in [3.05, 3.63) is 30.1 Å². The molecule has 104 valence electrons. The topological polar surface area (TPSA) is 49.3 Å². The molecule has 0 atom stereocenters. The highest BCUT2D eigenvalue weighted by atomic mass is 15.2. The van der Waals surface area contributed by atoms with E-state index in [1.165, 1.54) is 37.7 Å². The van der Waals surface area contributed by atoms with Crippen LogP contribution in [-0.2, 0) is 6.42 Å². The molecular weight excluding hydrogens is 236 g/mol. The predicted molar refractivity (Wildman–Crippen MR) is 79.3 cm³/mol. The maximum Gasteiger partial charge on any atom is 0.191 e. The maximum atomic E-state index is 4.29. The molecule has 4 heteroatoms. The number of hydrogen-bond acceptors (Lipinski definition) is 2. The highest BCUT2D eigenvalue weighted by Gasteiger charge is 2.13. The summed E-state index contributed by atoms with van der Waals surface area (Å²) >= 11 is 0. The Bertz CT molecular complexity index is 382. The van der Waals surface area contributed by atoms with E-state index >= 15 is 0 Å². The van der Waals surface area contributed by atoms with Crippen molar-refractivity contribution >= 4 is 5.96 Å². The highest BCUT2D eigenvalue weighted by molar-refractivity contribution is 5.79. The average Bonchev–Trinajstić information content (AvgIpc) is 2.48. The van der Waals surface area contributed by atoms with Crippen LogP contribution >= 0.6 is 0 Å². The van der Waals surface area contributed by atoms with Crippen LogP contribution < -0.4 is 10.6 Å². The molecule has 0 spiro atoms. The second-order valence-corrected chi connectivity index (χ2v) is 5.09. The summed E-state index contributed by atoms with van der Waals surface area (Å²) in [7, 11) is 1.84. The monoisotopic (exact) mass is 260 g/mol. The lowest BCUT2D eigenvalue weighted by Gasteiger charge is -2.24. The van der Waals surface area contributed by atoms with Gasteiger partial charge in [0, 0.05) is 32.0 Å². The van der Waals surface area contributed by atoms with Crippen molar-refractivity contribution in [3.63, 3.8) is 0 Å². The Balaban J connectivity index is 1.70. The van der Waals surface area contributed by atoms with Gasteiger partial charge in [-0.1, -0.05) is 25.3 Å². The molecule has 1 aliphatic carbocycles. The molecule has 1 heterocycles. The lowest BCUT2D eigenvalue weighted by molar-refractivity contribution is 0.410. The Labute approximate surface area is 115 Å². The van der Waals surface area contributed by atoms with E-state index in [4.69, 9.17) is 0 Å². The van der Waals surface area contributed by atoms with Crippen molar-refractivity contribution in [1.29, 1.82) is 0 Å². The van der Waals surface area contributed by atoms with Crippen LogP contribution in [0.1, 0.15) is 37.7 Å². The summed E-state index contributed by atoms with van der Waals surface area (Å²) in [5.41, 5.74) is 1.25. The fraction of sp³-hybridized carbons (Fsp3) is 0.600. The molecule has 0 radical (unpaired) electrons. The third-order valence-corrected chi connectivity index (χ3v) is 3.60. The first-order valence-corrected chi connectivity index (χ1v) is 7.24. The van der Waals surface area contributed by atoms with Crippen molar-refractivity contribution < 1.29 is 0 Å². The van der Waals surface area contributed by atoms with Gasteiger partial charge in [-0.25, -0.2) is 0 Å². The third-order valence-electron chi connectivity index (χ3n) is 3.60. The molecule has 0 aromatic carbocycles. The SMILES string of the molecule is CN=C(NCCc1cccnc1)NC1CCCCC1. The molecule has 0 aliphatic heterocycles. The lowest BCUT2D eigenvalue weighted by Crippen LogP contribution is -2.44. The smallest absolute Gasteiger partial charge is 0.191 e. The van der Waals surface area contributed by atoms with Gasteiger partial charge >= 0.3 is 0 Å². The van der Waals surface area contributed by atoms with Crippen LogP contribution in [0.25, 0.3) is 0 Å². The lowest BCUT2D eigenvalue weighted by atomic mass is 9.96. The zero-order chi connectivity index (χ0) is 13.3. The van der Waals surface area contributed by atoms with Crippen LogP contribution in [0.3, 0.4) is 0 Å². The van der Waals surface area contributed by atoms with E-state index in [2.05, 4.69) is 26.7 Å². The van der Waals surface area contributed by atoms with Gasteiger partial charge in [-0.05, 0) is 30.9 Å². The predicted octanol–water partition coefficient (Wildman–Crippen LogP) is 2.12. The summed E-state index contributed by atoms with van der Waals surface area (Å²) < 4.78 is 0. The summed E-state index contributed by atoms with van der Waals surface area (Å²) in [6, 6.07) is 4.68. The number of aliphatic imine (C=N–C) groups is 1. The largest absolute Gasteiger partial charge is 0.356 e. The standard InChI is InChI=1S/C15H24N4/c1-16-15(19-14-7-3-2-4-8-14)18-11-9-13-6-5-10-17-12-13/h5-6,10,12,14H,2-4,7-9,11H2,1H3,(H2,16,18,19). The van der Waals surface area contributed by atoms with Gasteiger partial charge < -0.3 is 10.6 Å². The molecule has 0 saturated heterocycles. The molecule has 1 aromatic rings. The van der Waals surface area contributed by atoms with Gasteiger partial charge in [0.25, 0.3) is 0 Å². The fourth-order valence-electron chi connectivity index (χ4n) is 2.51. The quantitative estimate of drug-likeness (QED) is 0.644. The molecule has 1 saturated carbocycles. The minimum Gasteiger partial charge on any atom is -0.356 e.